The molecular weight excluding hydrogens is 296 g/mol. The van der Waals surface area contributed by atoms with Crippen LogP contribution in [0, 0.1) is 0 Å². The van der Waals surface area contributed by atoms with Gasteiger partial charge in [0.15, 0.2) is 0 Å². The highest BCUT2D eigenvalue weighted by Crippen LogP contribution is 2.31. The summed E-state index contributed by atoms with van der Waals surface area (Å²) in [5.41, 5.74) is 1.54. The van der Waals surface area contributed by atoms with Crippen molar-refractivity contribution in [3.63, 3.8) is 0 Å². The Morgan fingerprint density at radius 2 is 1.39 bits per heavy atom. The second-order valence-electron chi connectivity index (χ2n) is 6.49. The molecule has 1 heteroatoms. The first-order valence-corrected chi connectivity index (χ1v) is 10.5. The van der Waals surface area contributed by atoms with E-state index in [2.05, 4.69) is 50.2 Å². The van der Waals surface area contributed by atoms with E-state index < -0.39 is 0 Å². The van der Waals surface area contributed by atoms with Crippen LogP contribution in [0.15, 0.2) is 41.3 Å². The molecule has 2 aromatic rings. The molecule has 0 atom stereocenters. The zero-order chi connectivity index (χ0) is 16.3. The maximum atomic E-state index is 2.38. The summed E-state index contributed by atoms with van der Waals surface area (Å²) in [7, 11) is 0. The van der Waals surface area contributed by atoms with Crippen LogP contribution in [-0.2, 0) is 6.42 Å². The first-order valence-electron chi connectivity index (χ1n) is 9.50. The minimum atomic E-state index is 1.23. The van der Waals surface area contributed by atoms with Crippen molar-refractivity contribution in [1.82, 2.24) is 0 Å². The quantitative estimate of drug-likeness (QED) is 0.302. The van der Waals surface area contributed by atoms with Gasteiger partial charge in [-0.25, -0.2) is 0 Å². The second kappa shape index (κ2) is 10.8. The van der Waals surface area contributed by atoms with Crippen molar-refractivity contribution in [3.8, 4) is 0 Å². The summed E-state index contributed by atoms with van der Waals surface area (Å²) < 4.78 is 0. The smallest absolute Gasteiger partial charge is 0.0151 e. The highest BCUT2D eigenvalue weighted by atomic mass is 32.2. The predicted molar refractivity (Wildman–Crippen MR) is 107 cm³/mol. The van der Waals surface area contributed by atoms with E-state index in [9.17, 15) is 0 Å². The highest BCUT2D eigenvalue weighted by molar-refractivity contribution is 7.99. The molecule has 0 fully saturated rings. The van der Waals surface area contributed by atoms with Crippen LogP contribution in [0.1, 0.15) is 70.8 Å². The minimum absolute atomic E-state index is 1.23. The van der Waals surface area contributed by atoms with Gasteiger partial charge < -0.3 is 0 Å². The van der Waals surface area contributed by atoms with Gasteiger partial charge in [-0.3, -0.25) is 0 Å². The van der Waals surface area contributed by atoms with Crippen molar-refractivity contribution < 1.29 is 0 Å². The third-order valence-corrected chi connectivity index (χ3v) is 5.69. The molecule has 0 saturated carbocycles. The number of aryl methyl sites for hydroxylation is 1. The standard InChI is InChI=1S/C22H32S/c1-3-5-7-8-9-10-13-19-16-17-22(23-18-6-4-2)21-15-12-11-14-20(19)21/h11-12,14-17H,3-10,13,18H2,1-2H3. The summed E-state index contributed by atoms with van der Waals surface area (Å²) in [6, 6.07) is 13.7. The molecule has 0 aromatic heterocycles. The van der Waals surface area contributed by atoms with E-state index in [0.717, 1.165) is 0 Å². The minimum Gasteiger partial charge on any atom is -0.126 e. The number of hydrogen-bond donors (Lipinski definition) is 0. The lowest BCUT2D eigenvalue weighted by Crippen LogP contribution is -1.90. The molecule has 0 bridgehead atoms. The van der Waals surface area contributed by atoms with E-state index in [0.29, 0.717) is 0 Å². The topological polar surface area (TPSA) is 0 Å². The Morgan fingerprint density at radius 3 is 2.17 bits per heavy atom. The van der Waals surface area contributed by atoms with Crippen molar-refractivity contribution in [2.75, 3.05) is 5.75 Å². The number of fused-ring (bicyclic) bond motifs is 1. The van der Waals surface area contributed by atoms with Crippen molar-refractivity contribution in [2.45, 2.75) is 76.5 Å². The van der Waals surface area contributed by atoms with Crippen molar-refractivity contribution in [1.29, 1.82) is 0 Å². The molecule has 23 heavy (non-hydrogen) atoms. The van der Waals surface area contributed by atoms with Gasteiger partial charge in [-0.05, 0) is 47.4 Å². The van der Waals surface area contributed by atoms with Gasteiger partial charge in [0.25, 0.3) is 0 Å². The van der Waals surface area contributed by atoms with Crippen LogP contribution in [0.2, 0.25) is 0 Å². The van der Waals surface area contributed by atoms with Gasteiger partial charge >= 0.3 is 0 Å². The molecule has 2 rings (SSSR count). The lowest BCUT2D eigenvalue weighted by molar-refractivity contribution is 0.608. The van der Waals surface area contributed by atoms with Crippen LogP contribution in [-0.4, -0.2) is 5.75 Å². The van der Waals surface area contributed by atoms with Crippen molar-refractivity contribution >= 4 is 22.5 Å². The molecule has 0 N–H and O–H groups in total. The molecule has 0 aliphatic carbocycles. The van der Waals surface area contributed by atoms with E-state index in [4.69, 9.17) is 0 Å². The molecule has 0 amide bonds. The molecule has 0 nitrogen and oxygen atoms in total. The first kappa shape index (κ1) is 18.4. The summed E-state index contributed by atoms with van der Waals surface area (Å²) in [6.45, 7) is 4.55. The Morgan fingerprint density at radius 1 is 0.696 bits per heavy atom. The van der Waals surface area contributed by atoms with Crippen LogP contribution in [0.4, 0.5) is 0 Å². The van der Waals surface area contributed by atoms with Crippen LogP contribution >= 0.6 is 11.8 Å². The number of thioether (sulfide) groups is 1. The van der Waals surface area contributed by atoms with Gasteiger partial charge in [-0.1, -0.05) is 82.7 Å². The van der Waals surface area contributed by atoms with Crippen molar-refractivity contribution in [3.05, 3.63) is 42.0 Å². The second-order valence-corrected chi connectivity index (χ2v) is 7.62. The highest BCUT2D eigenvalue weighted by Gasteiger charge is 2.06. The molecule has 0 aliphatic heterocycles. The molecule has 0 saturated heterocycles. The fourth-order valence-corrected chi connectivity index (χ4v) is 4.25. The molecular formula is C22H32S. The van der Waals surface area contributed by atoms with E-state index in [1.807, 2.05) is 11.8 Å². The summed E-state index contributed by atoms with van der Waals surface area (Å²) in [5, 5.41) is 2.93. The molecule has 0 aliphatic rings. The third kappa shape index (κ3) is 5.88. The lowest BCUT2D eigenvalue weighted by atomic mass is 9.99. The van der Waals surface area contributed by atoms with Gasteiger partial charge in [-0.15, -0.1) is 11.8 Å². The van der Waals surface area contributed by atoms with Crippen LogP contribution in [0.5, 0.6) is 0 Å². The van der Waals surface area contributed by atoms with Crippen LogP contribution in [0.25, 0.3) is 10.8 Å². The fraction of sp³-hybridized carbons (Fsp3) is 0.545. The average Bonchev–Trinajstić information content (AvgIpc) is 2.59. The molecule has 2 aromatic carbocycles. The summed E-state index contributed by atoms with van der Waals surface area (Å²) in [6.07, 6.45) is 12.1. The third-order valence-electron chi connectivity index (χ3n) is 4.53. The van der Waals surface area contributed by atoms with Crippen LogP contribution in [0.3, 0.4) is 0 Å². The number of benzene rings is 2. The van der Waals surface area contributed by atoms with Crippen molar-refractivity contribution in [2.24, 2.45) is 0 Å². The van der Waals surface area contributed by atoms with Gasteiger partial charge in [0.1, 0.15) is 0 Å². The average molecular weight is 329 g/mol. The summed E-state index contributed by atoms with van der Waals surface area (Å²) >= 11 is 2.02. The normalized spacial score (nSPS) is 11.2. The van der Waals surface area contributed by atoms with E-state index in [1.165, 1.54) is 84.8 Å². The SMILES string of the molecule is CCCCCCCCc1ccc(SCCCC)c2ccccc12. The zero-order valence-electron chi connectivity index (χ0n) is 14.9. The Labute approximate surface area is 147 Å². The predicted octanol–water partition coefficient (Wildman–Crippen LogP) is 7.64. The molecule has 126 valence electrons. The fourth-order valence-electron chi connectivity index (χ4n) is 3.10. The number of unbranched alkanes of at least 4 members (excludes halogenated alkanes) is 6. The Bertz CT molecular complexity index is 573. The monoisotopic (exact) mass is 328 g/mol. The maximum absolute atomic E-state index is 2.38. The molecule has 0 radical (unpaired) electrons. The largest absolute Gasteiger partial charge is 0.126 e. The maximum Gasteiger partial charge on any atom is 0.0151 e. The van der Waals surface area contributed by atoms with Crippen LogP contribution < -0.4 is 0 Å². The number of hydrogen-bond acceptors (Lipinski definition) is 1. The van der Waals surface area contributed by atoms with E-state index in [1.54, 1.807) is 0 Å². The van der Waals surface area contributed by atoms with E-state index in [-0.39, 0.29) is 0 Å². The Kier molecular flexibility index (Phi) is 8.60. The molecule has 0 heterocycles. The molecule has 0 unspecified atom stereocenters. The van der Waals surface area contributed by atoms with Gasteiger partial charge in [0.2, 0.25) is 0 Å². The lowest BCUT2D eigenvalue weighted by Gasteiger charge is -2.11. The Hall–Kier alpha value is -0.950. The first-order chi connectivity index (χ1) is 11.4. The van der Waals surface area contributed by atoms with E-state index >= 15 is 0 Å². The summed E-state index contributed by atoms with van der Waals surface area (Å²) in [5.74, 6) is 1.23. The zero-order valence-corrected chi connectivity index (χ0v) is 15.8. The molecule has 0 spiro atoms. The van der Waals surface area contributed by atoms with Gasteiger partial charge in [0.05, 0.1) is 0 Å². The van der Waals surface area contributed by atoms with Gasteiger partial charge in [0, 0.05) is 4.90 Å². The Balaban J connectivity index is 1.99. The summed E-state index contributed by atoms with van der Waals surface area (Å²) in [4.78, 5) is 1.46. The van der Waals surface area contributed by atoms with Gasteiger partial charge in [-0.2, -0.15) is 0 Å². The number of rotatable bonds is 11.